The van der Waals surface area contributed by atoms with Crippen molar-refractivity contribution in [2.75, 3.05) is 0 Å². The van der Waals surface area contributed by atoms with Crippen molar-refractivity contribution in [3.8, 4) is 0 Å². The van der Waals surface area contributed by atoms with Crippen LogP contribution < -0.4 is 11.1 Å². The van der Waals surface area contributed by atoms with E-state index >= 15 is 0 Å². The summed E-state index contributed by atoms with van der Waals surface area (Å²) in [6.07, 6.45) is 5.42. The molecule has 1 fully saturated rings. The number of hydrogen-bond acceptors (Lipinski definition) is 2. The third-order valence-corrected chi connectivity index (χ3v) is 4.83. The van der Waals surface area contributed by atoms with Gasteiger partial charge in [0, 0.05) is 18.0 Å². The zero-order valence-corrected chi connectivity index (χ0v) is 14.0. The molecule has 118 valence electrons. The Labute approximate surface area is 125 Å². The molecule has 0 radical (unpaired) electrons. The minimum absolute atomic E-state index is 0.105. The summed E-state index contributed by atoms with van der Waals surface area (Å²) in [6, 6.07) is 0.460. The molecule has 0 saturated heterocycles. The number of hydrogen-bond donors (Lipinski definition) is 2. The fraction of sp³-hybridized carbons (Fsp3) is 0.941. The minimum Gasteiger partial charge on any atom is -0.353 e. The molecule has 0 aromatic rings. The Morgan fingerprint density at radius 1 is 1.15 bits per heavy atom. The molecule has 0 spiro atoms. The lowest BCUT2D eigenvalue weighted by molar-refractivity contribution is -0.128. The van der Waals surface area contributed by atoms with Crippen LogP contribution in [0.3, 0.4) is 0 Å². The summed E-state index contributed by atoms with van der Waals surface area (Å²) in [6.45, 7) is 11.0. The van der Waals surface area contributed by atoms with Gasteiger partial charge in [0.2, 0.25) is 5.91 Å². The van der Waals surface area contributed by atoms with Crippen molar-refractivity contribution in [2.45, 2.75) is 78.8 Å². The molecule has 3 heteroatoms. The molecule has 1 amide bonds. The highest BCUT2D eigenvalue weighted by Crippen LogP contribution is 2.33. The molecule has 3 N–H and O–H groups in total. The van der Waals surface area contributed by atoms with Crippen LogP contribution in [-0.2, 0) is 4.79 Å². The first-order valence-corrected chi connectivity index (χ1v) is 8.37. The molecular formula is C17H34N2O. The second-order valence-corrected chi connectivity index (χ2v) is 7.43. The normalized spacial score (nSPS) is 32.1. The van der Waals surface area contributed by atoms with E-state index < -0.39 is 0 Å². The van der Waals surface area contributed by atoms with Crippen molar-refractivity contribution >= 4 is 5.91 Å². The molecule has 3 nitrogen and oxygen atoms in total. The van der Waals surface area contributed by atoms with E-state index in [2.05, 4.69) is 39.9 Å². The minimum atomic E-state index is 0.105. The van der Waals surface area contributed by atoms with Crippen LogP contribution in [0.4, 0.5) is 0 Å². The summed E-state index contributed by atoms with van der Waals surface area (Å²) in [4.78, 5) is 12.4. The van der Waals surface area contributed by atoms with E-state index in [1.54, 1.807) is 0 Å². The maximum atomic E-state index is 12.4. The monoisotopic (exact) mass is 282 g/mol. The van der Waals surface area contributed by atoms with Crippen molar-refractivity contribution < 1.29 is 4.79 Å². The molecule has 1 aliphatic rings. The lowest BCUT2D eigenvalue weighted by Crippen LogP contribution is -2.47. The first-order valence-electron chi connectivity index (χ1n) is 8.37. The first-order chi connectivity index (χ1) is 9.31. The van der Waals surface area contributed by atoms with E-state index in [1.807, 2.05) is 0 Å². The SMILES string of the molecule is CC(C)CCCC(C)NC(=O)C1CC(N)C(C)CC1C. The van der Waals surface area contributed by atoms with Crippen LogP contribution in [0.1, 0.15) is 66.7 Å². The van der Waals surface area contributed by atoms with Crippen LogP contribution in [0, 0.1) is 23.7 Å². The molecule has 1 rings (SSSR count). The smallest absolute Gasteiger partial charge is 0.223 e. The quantitative estimate of drug-likeness (QED) is 0.785. The summed E-state index contributed by atoms with van der Waals surface area (Å²) >= 11 is 0. The molecule has 0 heterocycles. The maximum absolute atomic E-state index is 12.4. The van der Waals surface area contributed by atoms with Crippen molar-refractivity contribution in [1.82, 2.24) is 5.32 Å². The molecule has 0 aliphatic heterocycles. The molecule has 20 heavy (non-hydrogen) atoms. The van der Waals surface area contributed by atoms with E-state index in [0.717, 1.165) is 25.2 Å². The van der Waals surface area contributed by atoms with Gasteiger partial charge in [0.15, 0.2) is 0 Å². The Kier molecular flexibility index (Phi) is 7.01. The molecule has 5 unspecified atom stereocenters. The van der Waals surface area contributed by atoms with Crippen LogP contribution >= 0.6 is 0 Å². The molecular weight excluding hydrogens is 248 g/mol. The summed E-state index contributed by atoms with van der Waals surface area (Å²) in [5.41, 5.74) is 6.13. The summed E-state index contributed by atoms with van der Waals surface area (Å²) in [5, 5.41) is 3.19. The van der Waals surface area contributed by atoms with Gasteiger partial charge in [-0.15, -0.1) is 0 Å². The zero-order chi connectivity index (χ0) is 15.3. The van der Waals surface area contributed by atoms with Gasteiger partial charge in [-0.1, -0.05) is 40.5 Å². The summed E-state index contributed by atoms with van der Waals surface area (Å²) in [7, 11) is 0. The largest absolute Gasteiger partial charge is 0.353 e. The van der Waals surface area contributed by atoms with E-state index in [4.69, 9.17) is 5.73 Å². The van der Waals surface area contributed by atoms with Gasteiger partial charge in [0.1, 0.15) is 0 Å². The first kappa shape index (κ1) is 17.5. The lowest BCUT2D eigenvalue weighted by Gasteiger charge is -2.36. The Bertz CT molecular complexity index is 303. The molecule has 0 aromatic heterocycles. The van der Waals surface area contributed by atoms with E-state index in [1.165, 1.54) is 12.8 Å². The van der Waals surface area contributed by atoms with Gasteiger partial charge in [-0.05, 0) is 43.9 Å². The van der Waals surface area contributed by atoms with Gasteiger partial charge >= 0.3 is 0 Å². The van der Waals surface area contributed by atoms with Crippen molar-refractivity contribution in [1.29, 1.82) is 0 Å². The number of carbonyl (C=O) groups excluding carboxylic acids is 1. The average Bonchev–Trinajstić information content (AvgIpc) is 2.33. The second kappa shape index (κ2) is 8.02. The Hall–Kier alpha value is -0.570. The van der Waals surface area contributed by atoms with E-state index in [0.29, 0.717) is 11.8 Å². The van der Waals surface area contributed by atoms with Gasteiger partial charge in [0.05, 0.1) is 0 Å². The highest BCUT2D eigenvalue weighted by molar-refractivity contribution is 5.79. The third kappa shape index (κ3) is 5.43. The molecule has 1 aliphatic carbocycles. The molecule has 0 aromatic carbocycles. The predicted molar refractivity (Wildman–Crippen MR) is 85.3 cm³/mol. The number of nitrogens with two attached hydrogens (primary N) is 1. The standard InChI is InChI=1S/C17H34N2O/c1-11(2)7-6-8-14(5)19-17(20)15-10-16(18)13(4)9-12(15)3/h11-16H,6-10,18H2,1-5H3,(H,19,20). The van der Waals surface area contributed by atoms with Crippen LogP contribution in [0.15, 0.2) is 0 Å². The second-order valence-electron chi connectivity index (χ2n) is 7.43. The van der Waals surface area contributed by atoms with Crippen molar-refractivity contribution in [2.24, 2.45) is 29.4 Å². The van der Waals surface area contributed by atoms with Crippen LogP contribution in [0.5, 0.6) is 0 Å². The zero-order valence-electron chi connectivity index (χ0n) is 14.0. The summed E-state index contributed by atoms with van der Waals surface area (Å²) < 4.78 is 0. The Morgan fingerprint density at radius 3 is 2.40 bits per heavy atom. The van der Waals surface area contributed by atoms with E-state index in [9.17, 15) is 4.79 Å². The van der Waals surface area contributed by atoms with Crippen molar-refractivity contribution in [3.63, 3.8) is 0 Å². The highest BCUT2D eigenvalue weighted by atomic mass is 16.1. The Balaban J connectivity index is 2.37. The molecule has 0 bridgehead atoms. The summed E-state index contributed by atoms with van der Waals surface area (Å²) in [5.74, 6) is 2.06. The van der Waals surface area contributed by atoms with Crippen LogP contribution in [-0.4, -0.2) is 18.0 Å². The van der Waals surface area contributed by atoms with Crippen LogP contribution in [0.2, 0.25) is 0 Å². The van der Waals surface area contributed by atoms with Gasteiger partial charge in [-0.25, -0.2) is 0 Å². The Morgan fingerprint density at radius 2 is 1.80 bits per heavy atom. The number of amides is 1. The van der Waals surface area contributed by atoms with Gasteiger partial charge < -0.3 is 11.1 Å². The number of carbonyl (C=O) groups is 1. The maximum Gasteiger partial charge on any atom is 0.223 e. The van der Waals surface area contributed by atoms with Gasteiger partial charge in [-0.2, -0.15) is 0 Å². The molecule has 5 atom stereocenters. The lowest BCUT2D eigenvalue weighted by atomic mass is 9.72. The molecule has 1 saturated carbocycles. The highest BCUT2D eigenvalue weighted by Gasteiger charge is 2.35. The third-order valence-electron chi connectivity index (χ3n) is 4.83. The average molecular weight is 282 g/mol. The fourth-order valence-electron chi connectivity index (χ4n) is 3.30. The van der Waals surface area contributed by atoms with Gasteiger partial charge in [-0.3, -0.25) is 4.79 Å². The number of rotatable bonds is 6. The van der Waals surface area contributed by atoms with E-state index in [-0.39, 0.29) is 23.9 Å². The predicted octanol–water partition coefficient (Wildman–Crippen LogP) is 3.33. The van der Waals surface area contributed by atoms with Crippen molar-refractivity contribution in [3.05, 3.63) is 0 Å². The fourth-order valence-corrected chi connectivity index (χ4v) is 3.30. The topological polar surface area (TPSA) is 55.1 Å². The van der Waals surface area contributed by atoms with Crippen LogP contribution in [0.25, 0.3) is 0 Å². The number of nitrogens with one attached hydrogen (secondary N) is 1. The van der Waals surface area contributed by atoms with Gasteiger partial charge in [0.25, 0.3) is 0 Å².